The minimum Gasteiger partial charge on any atom is -0.457 e. The molecule has 0 atom stereocenters. The Kier molecular flexibility index (Phi) is 4.27. The van der Waals surface area contributed by atoms with Crippen LogP contribution in [-0.2, 0) is 0 Å². The third-order valence-electron chi connectivity index (χ3n) is 4.70. The van der Waals surface area contributed by atoms with Crippen LogP contribution >= 0.6 is 0 Å². The standard InChI is InChI=1S/C23H16N4O/c1-14-9-20-21(10-15(14)2)27-23(26-20)17(13-25)11-18-7-8-22(28-18)19-6-4-3-5-16(19)12-24/h3-11H,1-2H3,(H,26,27). The molecule has 28 heavy (non-hydrogen) atoms. The van der Waals surface area contributed by atoms with E-state index in [1.807, 2.05) is 44.2 Å². The van der Waals surface area contributed by atoms with Gasteiger partial charge in [-0.15, -0.1) is 0 Å². The van der Waals surface area contributed by atoms with Crippen molar-refractivity contribution in [2.24, 2.45) is 0 Å². The maximum Gasteiger partial charge on any atom is 0.149 e. The number of imidazole rings is 1. The highest BCUT2D eigenvalue weighted by Crippen LogP contribution is 2.28. The summed E-state index contributed by atoms with van der Waals surface area (Å²) in [6.07, 6.45) is 1.65. The molecule has 2 aromatic heterocycles. The smallest absolute Gasteiger partial charge is 0.149 e. The van der Waals surface area contributed by atoms with Crippen LogP contribution in [-0.4, -0.2) is 9.97 Å². The van der Waals surface area contributed by atoms with Gasteiger partial charge in [0.2, 0.25) is 0 Å². The molecule has 0 aliphatic carbocycles. The molecule has 4 aromatic rings. The van der Waals surface area contributed by atoms with Crippen molar-refractivity contribution < 1.29 is 4.42 Å². The number of aromatic nitrogens is 2. The van der Waals surface area contributed by atoms with E-state index in [1.165, 1.54) is 0 Å². The Bertz CT molecular complexity index is 1270. The number of furan rings is 1. The SMILES string of the molecule is Cc1cc2nc(C(C#N)=Cc3ccc(-c4ccccc4C#N)o3)[nH]c2cc1C. The average molecular weight is 364 g/mol. The van der Waals surface area contributed by atoms with Crippen LogP contribution in [0.5, 0.6) is 0 Å². The van der Waals surface area contributed by atoms with Gasteiger partial charge in [-0.05, 0) is 61.4 Å². The summed E-state index contributed by atoms with van der Waals surface area (Å²) in [5.41, 5.74) is 5.66. The summed E-state index contributed by atoms with van der Waals surface area (Å²) in [7, 11) is 0. The molecule has 0 bridgehead atoms. The predicted octanol–water partition coefficient (Wildman–Crippen LogP) is 5.38. The lowest BCUT2D eigenvalue weighted by Crippen LogP contribution is -1.84. The predicted molar refractivity (Wildman–Crippen MR) is 108 cm³/mol. The normalized spacial score (nSPS) is 11.4. The van der Waals surface area contributed by atoms with Crippen LogP contribution in [0.2, 0.25) is 0 Å². The molecule has 0 fully saturated rings. The number of aryl methyl sites for hydroxylation is 2. The molecule has 5 heteroatoms. The number of benzene rings is 2. The van der Waals surface area contributed by atoms with Crippen molar-refractivity contribution in [1.82, 2.24) is 9.97 Å². The third-order valence-corrected chi connectivity index (χ3v) is 4.70. The number of nitriles is 2. The van der Waals surface area contributed by atoms with Gasteiger partial charge in [0.1, 0.15) is 23.4 Å². The lowest BCUT2D eigenvalue weighted by molar-refractivity contribution is 0.572. The van der Waals surface area contributed by atoms with Gasteiger partial charge in [0.25, 0.3) is 0 Å². The summed E-state index contributed by atoms with van der Waals surface area (Å²) >= 11 is 0. The van der Waals surface area contributed by atoms with E-state index >= 15 is 0 Å². The van der Waals surface area contributed by atoms with Crippen molar-refractivity contribution in [3.8, 4) is 23.5 Å². The van der Waals surface area contributed by atoms with Crippen LogP contribution in [0.15, 0.2) is 52.9 Å². The number of fused-ring (bicyclic) bond motifs is 1. The van der Waals surface area contributed by atoms with Crippen LogP contribution in [0.25, 0.3) is 34.0 Å². The fourth-order valence-electron chi connectivity index (χ4n) is 3.06. The molecule has 2 heterocycles. The van der Waals surface area contributed by atoms with Crippen LogP contribution in [0.1, 0.15) is 28.3 Å². The quantitative estimate of drug-likeness (QED) is 0.494. The van der Waals surface area contributed by atoms with Gasteiger partial charge in [-0.1, -0.05) is 12.1 Å². The molecule has 0 radical (unpaired) electrons. The number of allylic oxidation sites excluding steroid dienone is 1. The molecule has 5 nitrogen and oxygen atoms in total. The van der Waals surface area contributed by atoms with E-state index in [-0.39, 0.29) is 0 Å². The van der Waals surface area contributed by atoms with Gasteiger partial charge in [-0.25, -0.2) is 4.98 Å². The van der Waals surface area contributed by atoms with Crippen molar-refractivity contribution in [2.45, 2.75) is 13.8 Å². The Hall–Kier alpha value is -4.09. The molecular formula is C23H16N4O. The molecule has 0 aliphatic rings. The molecule has 0 spiro atoms. The van der Waals surface area contributed by atoms with Gasteiger partial charge in [0.05, 0.1) is 28.2 Å². The number of aromatic amines is 1. The van der Waals surface area contributed by atoms with E-state index in [0.29, 0.717) is 28.5 Å². The Morgan fingerprint density at radius 3 is 2.64 bits per heavy atom. The van der Waals surface area contributed by atoms with E-state index in [4.69, 9.17) is 4.42 Å². The lowest BCUT2D eigenvalue weighted by atomic mass is 10.1. The van der Waals surface area contributed by atoms with Crippen molar-refractivity contribution in [1.29, 1.82) is 10.5 Å². The second kappa shape index (κ2) is 6.90. The van der Waals surface area contributed by atoms with Crippen molar-refractivity contribution >= 4 is 22.7 Å². The van der Waals surface area contributed by atoms with Gasteiger partial charge in [0.15, 0.2) is 0 Å². The van der Waals surface area contributed by atoms with E-state index in [9.17, 15) is 10.5 Å². The van der Waals surface area contributed by atoms with Crippen molar-refractivity contribution in [2.75, 3.05) is 0 Å². The highest BCUT2D eigenvalue weighted by Gasteiger charge is 2.12. The number of rotatable bonds is 3. The zero-order chi connectivity index (χ0) is 19.7. The molecule has 134 valence electrons. The zero-order valence-corrected chi connectivity index (χ0v) is 15.4. The van der Waals surface area contributed by atoms with Crippen LogP contribution < -0.4 is 0 Å². The molecule has 0 amide bonds. The highest BCUT2D eigenvalue weighted by atomic mass is 16.3. The highest BCUT2D eigenvalue weighted by molar-refractivity contribution is 5.90. The molecule has 0 unspecified atom stereocenters. The number of hydrogen-bond donors (Lipinski definition) is 1. The fraction of sp³-hybridized carbons (Fsp3) is 0.0870. The van der Waals surface area contributed by atoms with Gasteiger partial charge in [0, 0.05) is 11.6 Å². The first kappa shape index (κ1) is 17.3. The maximum atomic E-state index is 9.62. The minimum absolute atomic E-state index is 0.376. The van der Waals surface area contributed by atoms with Crippen molar-refractivity contribution in [3.05, 3.63) is 76.8 Å². The van der Waals surface area contributed by atoms with Crippen LogP contribution in [0.3, 0.4) is 0 Å². The Morgan fingerprint density at radius 2 is 1.86 bits per heavy atom. The first-order valence-corrected chi connectivity index (χ1v) is 8.77. The Balaban J connectivity index is 1.73. The van der Waals surface area contributed by atoms with E-state index in [0.717, 1.165) is 27.7 Å². The van der Waals surface area contributed by atoms with Crippen molar-refractivity contribution in [3.63, 3.8) is 0 Å². The van der Waals surface area contributed by atoms with E-state index in [1.54, 1.807) is 24.3 Å². The van der Waals surface area contributed by atoms with Crippen LogP contribution in [0, 0.1) is 36.5 Å². The molecule has 2 aromatic carbocycles. The Morgan fingerprint density at radius 1 is 1.07 bits per heavy atom. The Labute approximate surface area is 162 Å². The van der Waals surface area contributed by atoms with Crippen LogP contribution in [0.4, 0.5) is 0 Å². The molecule has 0 aliphatic heterocycles. The van der Waals surface area contributed by atoms with Gasteiger partial charge in [-0.3, -0.25) is 0 Å². The van der Waals surface area contributed by atoms with Gasteiger partial charge in [-0.2, -0.15) is 10.5 Å². The summed E-state index contributed by atoms with van der Waals surface area (Å²) in [6.45, 7) is 4.08. The molecule has 0 saturated heterocycles. The number of nitrogens with zero attached hydrogens (tertiary/aromatic N) is 3. The lowest BCUT2D eigenvalue weighted by Gasteiger charge is -1.99. The summed E-state index contributed by atoms with van der Waals surface area (Å²) in [4.78, 5) is 7.75. The monoisotopic (exact) mass is 364 g/mol. The largest absolute Gasteiger partial charge is 0.457 e. The minimum atomic E-state index is 0.376. The third kappa shape index (κ3) is 3.06. The second-order valence-electron chi connectivity index (χ2n) is 6.57. The van der Waals surface area contributed by atoms with Gasteiger partial charge < -0.3 is 9.40 Å². The number of nitrogens with one attached hydrogen (secondary N) is 1. The first-order chi connectivity index (χ1) is 13.6. The average Bonchev–Trinajstić information content (AvgIpc) is 3.33. The van der Waals surface area contributed by atoms with Gasteiger partial charge >= 0.3 is 0 Å². The van der Waals surface area contributed by atoms with E-state index in [2.05, 4.69) is 22.1 Å². The number of H-pyrrole nitrogens is 1. The summed E-state index contributed by atoms with van der Waals surface area (Å²) < 4.78 is 5.86. The first-order valence-electron chi connectivity index (χ1n) is 8.77. The zero-order valence-electron chi connectivity index (χ0n) is 15.4. The van der Waals surface area contributed by atoms with E-state index < -0.39 is 0 Å². The maximum absolute atomic E-state index is 9.62. The second-order valence-corrected chi connectivity index (χ2v) is 6.57. The molecule has 1 N–H and O–H groups in total. The summed E-state index contributed by atoms with van der Waals surface area (Å²) in [5, 5.41) is 18.9. The molecule has 0 saturated carbocycles. The molecule has 4 rings (SSSR count). The number of hydrogen-bond acceptors (Lipinski definition) is 4. The summed E-state index contributed by atoms with van der Waals surface area (Å²) in [6, 6.07) is 19.2. The molecular weight excluding hydrogens is 348 g/mol. The topological polar surface area (TPSA) is 89.4 Å². The summed E-state index contributed by atoms with van der Waals surface area (Å²) in [5.74, 6) is 1.60. The fourth-order valence-corrected chi connectivity index (χ4v) is 3.06.